The highest BCUT2D eigenvalue weighted by Gasteiger charge is 2.29. The molecule has 1 aromatic rings. The second-order valence-electron chi connectivity index (χ2n) is 3.64. The Kier molecular flexibility index (Phi) is 2.31. The first kappa shape index (κ1) is 8.69. The third-order valence-electron chi connectivity index (χ3n) is 2.63. The molecule has 2 rings (SSSR count). The van der Waals surface area contributed by atoms with Crippen molar-refractivity contribution in [1.29, 1.82) is 0 Å². The highest BCUT2D eigenvalue weighted by atomic mass is 16.5. The van der Waals surface area contributed by atoms with Gasteiger partial charge in [0.1, 0.15) is 0 Å². The minimum atomic E-state index is 0.410. The number of nitrogens with zero attached hydrogens (tertiary/aromatic N) is 2. The van der Waals surface area contributed by atoms with E-state index in [4.69, 9.17) is 4.52 Å². The molecule has 72 valence electrons. The molecule has 1 saturated heterocycles. The van der Waals surface area contributed by atoms with Gasteiger partial charge < -0.3 is 9.84 Å². The zero-order valence-electron chi connectivity index (χ0n) is 8.08. The molecule has 4 nitrogen and oxygen atoms in total. The monoisotopic (exact) mass is 181 g/mol. The van der Waals surface area contributed by atoms with Crippen molar-refractivity contribution in [3.05, 3.63) is 11.7 Å². The van der Waals surface area contributed by atoms with E-state index < -0.39 is 0 Å². The van der Waals surface area contributed by atoms with Crippen molar-refractivity contribution in [1.82, 2.24) is 15.5 Å². The highest BCUT2D eigenvalue weighted by molar-refractivity contribution is 5.00. The third-order valence-corrected chi connectivity index (χ3v) is 2.63. The summed E-state index contributed by atoms with van der Waals surface area (Å²) in [6.45, 7) is 6.26. The molecule has 13 heavy (non-hydrogen) atoms. The minimum Gasteiger partial charge on any atom is -0.339 e. The average Bonchev–Trinajstić information content (AvgIpc) is 2.71. The lowest BCUT2D eigenvalue weighted by Crippen LogP contribution is -2.08. The molecule has 0 saturated carbocycles. The van der Waals surface area contributed by atoms with E-state index >= 15 is 0 Å². The van der Waals surface area contributed by atoms with Gasteiger partial charge in [0.05, 0.1) is 5.92 Å². The van der Waals surface area contributed by atoms with Gasteiger partial charge in [0, 0.05) is 13.0 Å². The summed E-state index contributed by atoms with van der Waals surface area (Å²) in [5.41, 5.74) is 0. The predicted molar refractivity (Wildman–Crippen MR) is 48.5 cm³/mol. The van der Waals surface area contributed by atoms with Crippen LogP contribution in [0, 0.1) is 5.92 Å². The van der Waals surface area contributed by atoms with Crippen LogP contribution in [0.1, 0.15) is 31.5 Å². The van der Waals surface area contributed by atoms with Crippen LogP contribution in [-0.4, -0.2) is 23.2 Å². The fourth-order valence-electron chi connectivity index (χ4n) is 1.70. The summed E-state index contributed by atoms with van der Waals surface area (Å²) in [7, 11) is 0. The van der Waals surface area contributed by atoms with Crippen LogP contribution in [0.5, 0.6) is 0 Å². The van der Waals surface area contributed by atoms with Crippen LogP contribution in [0.2, 0.25) is 0 Å². The highest BCUT2D eigenvalue weighted by Crippen LogP contribution is 2.25. The molecule has 4 heteroatoms. The maximum atomic E-state index is 5.21. The topological polar surface area (TPSA) is 51.0 Å². The van der Waals surface area contributed by atoms with E-state index in [-0.39, 0.29) is 0 Å². The van der Waals surface area contributed by atoms with E-state index in [0.29, 0.717) is 11.8 Å². The lowest BCUT2D eigenvalue weighted by atomic mass is 9.98. The normalized spacial score (nSPS) is 28.2. The van der Waals surface area contributed by atoms with Crippen molar-refractivity contribution in [3.63, 3.8) is 0 Å². The van der Waals surface area contributed by atoms with E-state index in [0.717, 1.165) is 31.2 Å². The largest absolute Gasteiger partial charge is 0.339 e. The predicted octanol–water partition coefficient (Wildman–Crippen LogP) is 0.955. The summed E-state index contributed by atoms with van der Waals surface area (Å²) in [6, 6.07) is 0. The van der Waals surface area contributed by atoms with Crippen molar-refractivity contribution < 1.29 is 4.52 Å². The van der Waals surface area contributed by atoms with Crippen LogP contribution in [0.3, 0.4) is 0 Å². The van der Waals surface area contributed by atoms with Crippen molar-refractivity contribution in [2.24, 2.45) is 5.92 Å². The van der Waals surface area contributed by atoms with Crippen molar-refractivity contribution in [2.75, 3.05) is 13.1 Å². The Morgan fingerprint density at radius 1 is 1.54 bits per heavy atom. The van der Waals surface area contributed by atoms with E-state index in [9.17, 15) is 0 Å². The van der Waals surface area contributed by atoms with Crippen molar-refractivity contribution >= 4 is 0 Å². The summed E-state index contributed by atoms with van der Waals surface area (Å²) < 4.78 is 5.21. The Morgan fingerprint density at radius 2 is 2.38 bits per heavy atom. The van der Waals surface area contributed by atoms with Crippen molar-refractivity contribution in [3.8, 4) is 0 Å². The van der Waals surface area contributed by atoms with Crippen LogP contribution < -0.4 is 5.32 Å². The molecule has 1 fully saturated rings. The molecule has 0 radical (unpaired) electrons. The Labute approximate surface area is 77.7 Å². The molecule has 0 amide bonds. The Bertz CT molecular complexity index is 284. The molecule has 1 N–H and O–H groups in total. The quantitative estimate of drug-likeness (QED) is 0.738. The molecule has 0 aliphatic carbocycles. The van der Waals surface area contributed by atoms with Gasteiger partial charge in [0.25, 0.3) is 0 Å². The third kappa shape index (κ3) is 1.58. The first-order chi connectivity index (χ1) is 6.31. The molecular formula is C9H15N3O. The summed E-state index contributed by atoms with van der Waals surface area (Å²) in [6.07, 6.45) is 0.845. The van der Waals surface area contributed by atoms with Gasteiger partial charge in [-0.25, -0.2) is 0 Å². The molecule has 1 aliphatic rings. The minimum absolute atomic E-state index is 0.410. The van der Waals surface area contributed by atoms with Gasteiger partial charge in [-0.3, -0.25) is 0 Å². The molecule has 0 aromatic carbocycles. The molecule has 0 bridgehead atoms. The second kappa shape index (κ2) is 3.46. The molecule has 1 aromatic heterocycles. The number of hydrogen-bond acceptors (Lipinski definition) is 4. The molecule has 1 aliphatic heterocycles. The summed E-state index contributed by atoms with van der Waals surface area (Å²) in [4.78, 5) is 4.34. The fourth-order valence-corrected chi connectivity index (χ4v) is 1.70. The molecule has 2 atom stereocenters. The maximum Gasteiger partial charge on any atom is 0.231 e. The Morgan fingerprint density at radius 3 is 2.92 bits per heavy atom. The van der Waals surface area contributed by atoms with Crippen LogP contribution in [0.4, 0.5) is 0 Å². The second-order valence-corrected chi connectivity index (χ2v) is 3.64. The van der Waals surface area contributed by atoms with Crippen molar-refractivity contribution in [2.45, 2.75) is 26.2 Å². The van der Waals surface area contributed by atoms with Gasteiger partial charge >= 0.3 is 0 Å². The van der Waals surface area contributed by atoms with Gasteiger partial charge in [-0.2, -0.15) is 4.98 Å². The SMILES string of the molecule is CCc1noc(C2CNCC2C)n1. The maximum absolute atomic E-state index is 5.21. The molecule has 2 unspecified atom stereocenters. The molecule has 2 heterocycles. The number of nitrogens with one attached hydrogen (secondary N) is 1. The van der Waals surface area contributed by atoms with Gasteiger partial charge in [-0.15, -0.1) is 0 Å². The smallest absolute Gasteiger partial charge is 0.231 e. The van der Waals surface area contributed by atoms with Crippen LogP contribution in [0.25, 0.3) is 0 Å². The lowest BCUT2D eigenvalue weighted by molar-refractivity contribution is 0.336. The zero-order valence-corrected chi connectivity index (χ0v) is 8.08. The van der Waals surface area contributed by atoms with Gasteiger partial charge in [0.2, 0.25) is 5.89 Å². The Balaban J connectivity index is 2.15. The number of aromatic nitrogens is 2. The Hall–Kier alpha value is -0.900. The molecular weight excluding hydrogens is 166 g/mol. The van der Waals surface area contributed by atoms with E-state index in [2.05, 4.69) is 22.4 Å². The number of aryl methyl sites for hydroxylation is 1. The van der Waals surface area contributed by atoms with Crippen LogP contribution in [-0.2, 0) is 6.42 Å². The molecule has 0 spiro atoms. The summed E-state index contributed by atoms with van der Waals surface area (Å²) in [5, 5.41) is 7.22. The van der Waals surface area contributed by atoms with E-state index in [1.165, 1.54) is 0 Å². The lowest BCUT2D eigenvalue weighted by Gasteiger charge is -2.07. The van der Waals surface area contributed by atoms with E-state index in [1.54, 1.807) is 0 Å². The standard InChI is InChI=1S/C9H15N3O/c1-3-8-11-9(13-12-8)7-5-10-4-6(7)2/h6-7,10H,3-5H2,1-2H3. The summed E-state index contributed by atoms with van der Waals surface area (Å²) >= 11 is 0. The first-order valence-electron chi connectivity index (χ1n) is 4.84. The van der Waals surface area contributed by atoms with Crippen LogP contribution in [0.15, 0.2) is 4.52 Å². The first-order valence-corrected chi connectivity index (χ1v) is 4.84. The van der Waals surface area contributed by atoms with E-state index in [1.807, 2.05) is 6.92 Å². The summed E-state index contributed by atoms with van der Waals surface area (Å²) in [5.74, 6) is 2.63. The van der Waals surface area contributed by atoms with Gasteiger partial charge in [-0.1, -0.05) is 19.0 Å². The van der Waals surface area contributed by atoms with Crippen LogP contribution >= 0.6 is 0 Å². The number of rotatable bonds is 2. The van der Waals surface area contributed by atoms with Gasteiger partial charge in [-0.05, 0) is 12.5 Å². The zero-order chi connectivity index (χ0) is 9.26. The van der Waals surface area contributed by atoms with Gasteiger partial charge in [0.15, 0.2) is 5.82 Å². The fraction of sp³-hybridized carbons (Fsp3) is 0.778. The number of hydrogen-bond donors (Lipinski definition) is 1. The average molecular weight is 181 g/mol.